The molecule has 28 heavy (non-hydrogen) atoms. The summed E-state index contributed by atoms with van der Waals surface area (Å²) in [6, 6.07) is 16.4. The van der Waals surface area contributed by atoms with Gasteiger partial charge in [-0.25, -0.2) is 0 Å². The number of hydrogen-bond donors (Lipinski definition) is 1. The lowest BCUT2D eigenvalue weighted by atomic mass is 9.92. The van der Waals surface area contributed by atoms with Gasteiger partial charge in [0, 0.05) is 23.0 Å². The molecule has 3 aromatic rings. The van der Waals surface area contributed by atoms with E-state index in [0.29, 0.717) is 28.2 Å². The minimum absolute atomic E-state index is 0.157. The van der Waals surface area contributed by atoms with Gasteiger partial charge in [0.2, 0.25) is 6.79 Å². The number of imide groups is 1. The number of fused-ring (bicyclic) bond motifs is 2. The Labute approximate surface area is 161 Å². The highest BCUT2D eigenvalue weighted by Gasteiger charge is 2.34. The zero-order chi connectivity index (χ0) is 19.1. The zero-order valence-corrected chi connectivity index (χ0v) is 14.8. The quantitative estimate of drug-likeness (QED) is 0.565. The van der Waals surface area contributed by atoms with Crippen LogP contribution in [0.4, 0.5) is 0 Å². The van der Waals surface area contributed by atoms with Crippen LogP contribution in [-0.4, -0.2) is 28.5 Å². The first-order valence-electron chi connectivity index (χ1n) is 8.90. The van der Waals surface area contributed by atoms with E-state index in [-0.39, 0.29) is 25.2 Å². The summed E-state index contributed by atoms with van der Waals surface area (Å²) < 4.78 is 10.7. The third kappa shape index (κ3) is 2.66. The van der Waals surface area contributed by atoms with Gasteiger partial charge < -0.3 is 14.5 Å². The highest BCUT2D eigenvalue weighted by atomic mass is 16.7. The lowest BCUT2D eigenvalue weighted by Crippen LogP contribution is -2.41. The van der Waals surface area contributed by atoms with Crippen molar-refractivity contribution >= 4 is 23.5 Å². The Hall–Kier alpha value is -3.80. The Balaban J connectivity index is 1.55. The molecule has 6 heteroatoms. The summed E-state index contributed by atoms with van der Waals surface area (Å²) in [7, 11) is 0. The van der Waals surface area contributed by atoms with E-state index >= 15 is 0 Å². The zero-order valence-electron chi connectivity index (χ0n) is 14.8. The van der Waals surface area contributed by atoms with E-state index in [1.807, 2.05) is 24.3 Å². The van der Waals surface area contributed by atoms with Crippen LogP contribution in [0.1, 0.15) is 27.2 Å². The summed E-state index contributed by atoms with van der Waals surface area (Å²) in [6.45, 7) is 0.335. The van der Waals surface area contributed by atoms with Crippen LogP contribution >= 0.6 is 0 Å². The summed E-state index contributed by atoms with van der Waals surface area (Å²) >= 11 is 0. The molecular weight excluding hydrogens is 356 g/mol. The van der Waals surface area contributed by atoms with Crippen molar-refractivity contribution in [2.75, 3.05) is 6.79 Å². The average molecular weight is 372 g/mol. The number of carbonyl (C=O) groups excluding carboxylic acids is 2. The maximum absolute atomic E-state index is 13.2. The molecule has 5 rings (SSSR count). The first-order chi connectivity index (χ1) is 13.7. The number of benzene rings is 2. The number of carbonyl (C=O) groups is 2. The van der Waals surface area contributed by atoms with E-state index in [1.54, 1.807) is 42.6 Å². The third-order valence-corrected chi connectivity index (χ3v) is 4.87. The SMILES string of the molecule is O=C1/C(=C/c2ccc[nH]2)c2ccccc2C(=O)N1Cc1ccc2c(c1)OCO2. The van der Waals surface area contributed by atoms with Gasteiger partial charge in [-0.15, -0.1) is 0 Å². The van der Waals surface area contributed by atoms with Gasteiger partial charge in [-0.3, -0.25) is 14.5 Å². The second kappa shape index (κ2) is 6.42. The first-order valence-corrected chi connectivity index (χ1v) is 8.90. The van der Waals surface area contributed by atoms with E-state index in [9.17, 15) is 9.59 Å². The van der Waals surface area contributed by atoms with Gasteiger partial charge in [0.15, 0.2) is 11.5 Å². The van der Waals surface area contributed by atoms with Crippen molar-refractivity contribution in [1.29, 1.82) is 0 Å². The highest BCUT2D eigenvalue weighted by Crippen LogP contribution is 2.35. The van der Waals surface area contributed by atoms with Crippen LogP contribution in [0.25, 0.3) is 11.6 Å². The van der Waals surface area contributed by atoms with Crippen molar-refractivity contribution in [3.63, 3.8) is 0 Å². The van der Waals surface area contributed by atoms with Crippen LogP contribution in [0.3, 0.4) is 0 Å². The Bertz CT molecular complexity index is 1120. The lowest BCUT2D eigenvalue weighted by Gasteiger charge is -2.28. The number of aromatic amines is 1. The van der Waals surface area contributed by atoms with Gasteiger partial charge in [0.25, 0.3) is 11.8 Å². The van der Waals surface area contributed by atoms with Crippen molar-refractivity contribution in [3.05, 3.63) is 83.2 Å². The van der Waals surface area contributed by atoms with E-state index in [1.165, 1.54) is 4.90 Å². The number of H-pyrrole nitrogens is 1. The number of nitrogens with zero attached hydrogens (tertiary/aromatic N) is 1. The molecule has 1 N–H and O–H groups in total. The molecule has 2 aliphatic rings. The molecule has 0 atom stereocenters. The molecule has 3 heterocycles. The number of ether oxygens (including phenoxy) is 2. The summed E-state index contributed by atoms with van der Waals surface area (Å²) in [5.41, 5.74) is 3.24. The van der Waals surface area contributed by atoms with Crippen LogP contribution in [0.15, 0.2) is 60.8 Å². The van der Waals surface area contributed by atoms with Gasteiger partial charge >= 0.3 is 0 Å². The minimum atomic E-state index is -0.323. The molecule has 2 amide bonds. The third-order valence-electron chi connectivity index (χ3n) is 4.87. The van der Waals surface area contributed by atoms with Crippen LogP contribution in [0, 0.1) is 0 Å². The highest BCUT2D eigenvalue weighted by molar-refractivity contribution is 6.33. The molecule has 2 aliphatic heterocycles. The standard InChI is InChI=1S/C22H16N2O4/c25-21-17-6-2-1-5-16(17)18(11-15-4-3-9-23-15)22(26)24(21)12-14-7-8-19-20(10-14)28-13-27-19/h1-11,23H,12-13H2/b18-11+. The Morgan fingerprint density at radius 3 is 2.57 bits per heavy atom. The largest absolute Gasteiger partial charge is 0.454 e. The molecule has 138 valence electrons. The Morgan fingerprint density at radius 1 is 0.929 bits per heavy atom. The van der Waals surface area contributed by atoms with E-state index in [2.05, 4.69) is 4.98 Å². The molecule has 0 aliphatic carbocycles. The minimum Gasteiger partial charge on any atom is -0.454 e. The van der Waals surface area contributed by atoms with Gasteiger partial charge in [0.1, 0.15) is 0 Å². The second-order valence-electron chi connectivity index (χ2n) is 6.61. The van der Waals surface area contributed by atoms with Gasteiger partial charge in [-0.2, -0.15) is 0 Å². The number of amides is 2. The number of nitrogens with one attached hydrogen (secondary N) is 1. The molecule has 0 unspecified atom stereocenters. The van der Waals surface area contributed by atoms with Crippen molar-refractivity contribution in [3.8, 4) is 11.5 Å². The monoisotopic (exact) mass is 372 g/mol. The van der Waals surface area contributed by atoms with Gasteiger partial charge in [-0.05, 0) is 42.0 Å². The number of aromatic nitrogens is 1. The van der Waals surface area contributed by atoms with Crippen molar-refractivity contribution in [2.24, 2.45) is 0 Å². The summed E-state index contributed by atoms with van der Waals surface area (Å²) in [6.07, 6.45) is 3.57. The van der Waals surface area contributed by atoms with Crippen LogP contribution in [0.5, 0.6) is 11.5 Å². The lowest BCUT2D eigenvalue weighted by molar-refractivity contribution is -0.123. The normalized spacial score (nSPS) is 16.6. The van der Waals surface area contributed by atoms with Gasteiger partial charge in [-0.1, -0.05) is 24.3 Å². The number of rotatable bonds is 3. The van der Waals surface area contributed by atoms with E-state index in [4.69, 9.17) is 9.47 Å². The van der Waals surface area contributed by atoms with E-state index in [0.717, 1.165) is 11.3 Å². The van der Waals surface area contributed by atoms with Gasteiger partial charge in [0.05, 0.1) is 12.1 Å². The van der Waals surface area contributed by atoms with Crippen molar-refractivity contribution in [1.82, 2.24) is 9.88 Å². The molecule has 0 saturated carbocycles. The van der Waals surface area contributed by atoms with E-state index < -0.39 is 0 Å². The fourth-order valence-corrected chi connectivity index (χ4v) is 3.50. The summed E-state index contributed by atoms with van der Waals surface area (Å²) in [5.74, 6) is 0.660. The van der Waals surface area contributed by atoms with Crippen molar-refractivity contribution in [2.45, 2.75) is 6.54 Å². The molecule has 0 fully saturated rings. The maximum atomic E-state index is 13.2. The fraction of sp³-hybridized carbons (Fsp3) is 0.0909. The molecule has 0 saturated heterocycles. The predicted molar refractivity (Wildman–Crippen MR) is 103 cm³/mol. The molecule has 0 radical (unpaired) electrons. The molecule has 2 aromatic carbocycles. The Kier molecular flexibility index (Phi) is 3.76. The summed E-state index contributed by atoms with van der Waals surface area (Å²) in [5, 5.41) is 0. The molecule has 0 spiro atoms. The molecular formula is C22H16N2O4. The van der Waals surface area contributed by atoms with Crippen LogP contribution in [-0.2, 0) is 11.3 Å². The molecule has 0 bridgehead atoms. The Morgan fingerprint density at radius 2 is 1.75 bits per heavy atom. The maximum Gasteiger partial charge on any atom is 0.261 e. The molecule has 1 aromatic heterocycles. The second-order valence-corrected chi connectivity index (χ2v) is 6.61. The first kappa shape index (κ1) is 16.4. The topological polar surface area (TPSA) is 71.6 Å². The number of hydrogen-bond acceptors (Lipinski definition) is 4. The van der Waals surface area contributed by atoms with Crippen molar-refractivity contribution < 1.29 is 19.1 Å². The average Bonchev–Trinajstić information content (AvgIpc) is 3.40. The smallest absolute Gasteiger partial charge is 0.261 e. The van der Waals surface area contributed by atoms with Crippen LogP contribution < -0.4 is 9.47 Å². The predicted octanol–water partition coefficient (Wildman–Crippen LogP) is 3.47. The van der Waals surface area contributed by atoms with Crippen LogP contribution in [0.2, 0.25) is 0 Å². The molecule has 6 nitrogen and oxygen atoms in total. The fourth-order valence-electron chi connectivity index (χ4n) is 3.50. The summed E-state index contributed by atoms with van der Waals surface area (Å²) in [4.78, 5) is 30.6.